The van der Waals surface area contributed by atoms with E-state index in [2.05, 4.69) is 366 Å². The second-order valence-electron chi connectivity index (χ2n) is 23.0. The molecule has 0 N–H and O–H groups in total. The summed E-state index contributed by atoms with van der Waals surface area (Å²) in [5.41, 5.74) is 9.95. The highest BCUT2D eigenvalue weighted by molar-refractivity contribution is 8.34. The molecule has 0 unspecified atom stereocenters. The summed E-state index contributed by atoms with van der Waals surface area (Å²) in [5, 5.41) is 12.5. The lowest BCUT2D eigenvalue weighted by Gasteiger charge is -2.42. The Labute approximate surface area is 519 Å². The second kappa shape index (κ2) is 21.4. The minimum absolute atomic E-state index is 0.831. The standard InChI is InChI=1S/C83H58N4SSi/c1-7-30-62(31-8-1)88(63-32-9-2-10-33-63,64-34-11-3-12-35-64)65-50-52-80-74(57-65)72-44-21-25-48-78(72)86(80)82-55-60(59-28-27-29-61(54-59)85-76-46-23-19-42-70(76)71-43-20-24-47-77(71)85)56-83(84-82)87-79-49-26-22-45-73(79)75-58-69(51-53-81(75)87)89(66-36-13-4-14-37-66,67-38-15-5-16-39-67)68-40-17-6-18-41-68/h1-58H. The van der Waals surface area contributed by atoms with E-state index in [-0.39, 0.29) is 0 Å². The van der Waals surface area contributed by atoms with Crippen molar-refractivity contribution in [1.82, 2.24) is 18.7 Å². The van der Waals surface area contributed by atoms with Crippen LogP contribution in [0.15, 0.2) is 371 Å². The van der Waals surface area contributed by atoms with Crippen LogP contribution in [0.4, 0.5) is 0 Å². The van der Waals surface area contributed by atoms with Crippen LogP contribution < -0.4 is 20.7 Å². The number of para-hydroxylation sites is 4. The van der Waals surface area contributed by atoms with Crippen molar-refractivity contribution >= 4 is 104 Å². The van der Waals surface area contributed by atoms with Crippen LogP contribution in [-0.4, -0.2) is 26.8 Å². The highest BCUT2D eigenvalue weighted by Gasteiger charge is 2.42. The Morgan fingerprint density at radius 3 is 1.03 bits per heavy atom. The van der Waals surface area contributed by atoms with Gasteiger partial charge in [0.2, 0.25) is 0 Å². The van der Waals surface area contributed by atoms with Crippen molar-refractivity contribution in [3.63, 3.8) is 0 Å². The normalized spacial score (nSPS) is 12.2. The maximum absolute atomic E-state index is 5.96. The zero-order valence-corrected chi connectivity index (χ0v) is 50.5. The van der Waals surface area contributed by atoms with Crippen molar-refractivity contribution in [2.45, 2.75) is 19.6 Å². The van der Waals surface area contributed by atoms with Gasteiger partial charge in [-0.15, -0.1) is 10.0 Å². The summed E-state index contributed by atoms with van der Waals surface area (Å²) in [4.78, 5) is 11.1. The lowest BCUT2D eigenvalue weighted by molar-refractivity contribution is 1.01. The molecule has 13 aromatic carbocycles. The molecule has 0 saturated carbocycles. The first-order valence-electron chi connectivity index (χ1n) is 30.5. The number of rotatable bonds is 12. The van der Waals surface area contributed by atoms with Gasteiger partial charge in [-0.3, -0.25) is 9.13 Å². The highest BCUT2D eigenvalue weighted by Crippen LogP contribution is 2.73. The number of fused-ring (bicyclic) bond motifs is 9. The third-order valence-corrected chi connectivity index (χ3v) is 27.0. The fourth-order valence-electron chi connectivity index (χ4n) is 14.5. The van der Waals surface area contributed by atoms with Crippen LogP contribution in [0.1, 0.15) is 0 Å². The Bertz CT molecular complexity index is 4980. The fraction of sp³-hybridized carbons (Fsp3) is 0. The summed E-state index contributed by atoms with van der Waals surface area (Å²) < 4.78 is 7.24. The molecular formula is C83H58N4SSi. The van der Waals surface area contributed by atoms with E-state index in [1.54, 1.807) is 0 Å². The predicted octanol–water partition coefficient (Wildman–Crippen LogP) is 18.8. The molecule has 6 heteroatoms. The van der Waals surface area contributed by atoms with Crippen LogP contribution in [-0.2, 0) is 0 Å². The van der Waals surface area contributed by atoms with E-state index in [9.17, 15) is 0 Å². The number of aromatic nitrogens is 4. The Kier molecular flexibility index (Phi) is 12.6. The van der Waals surface area contributed by atoms with Gasteiger partial charge in [0.25, 0.3) is 0 Å². The number of hydrogen-bond donors (Lipinski definition) is 0. The molecule has 4 heterocycles. The summed E-state index contributed by atoms with van der Waals surface area (Å²) in [6.07, 6.45) is 0. The van der Waals surface area contributed by atoms with Crippen LogP contribution in [0.5, 0.6) is 0 Å². The van der Waals surface area contributed by atoms with Gasteiger partial charge in [-0.2, -0.15) is 0 Å². The van der Waals surface area contributed by atoms with E-state index in [0.29, 0.717) is 0 Å². The van der Waals surface area contributed by atoms with Crippen LogP contribution >= 0.6 is 10.0 Å². The average molecular weight is 1170 g/mol. The summed E-state index contributed by atoms with van der Waals surface area (Å²) >= 11 is 0. The zero-order valence-electron chi connectivity index (χ0n) is 48.7. The van der Waals surface area contributed by atoms with Crippen molar-refractivity contribution in [3.8, 4) is 28.5 Å². The van der Waals surface area contributed by atoms with Crippen molar-refractivity contribution in [2.24, 2.45) is 0 Å². The predicted molar refractivity (Wildman–Crippen MR) is 376 cm³/mol. The largest absolute Gasteiger partial charge is 0.309 e. The number of hydrogen-bond acceptors (Lipinski definition) is 1. The van der Waals surface area contributed by atoms with E-state index < -0.39 is 18.1 Å². The van der Waals surface area contributed by atoms with Crippen LogP contribution in [0, 0.1) is 0 Å². The van der Waals surface area contributed by atoms with Crippen molar-refractivity contribution in [3.05, 3.63) is 352 Å². The van der Waals surface area contributed by atoms with E-state index in [1.165, 1.54) is 83.7 Å². The number of benzene rings is 13. The molecule has 0 aliphatic heterocycles. The Hall–Kier alpha value is -11.0. The van der Waals surface area contributed by atoms with Crippen LogP contribution in [0.25, 0.3) is 93.9 Å². The molecule has 17 aromatic rings. The first-order chi connectivity index (χ1) is 44.2. The highest BCUT2D eigenvalue weighted by atomic mass is 32.3. The molecule has 4 aromatic heterocycles. The molecule has 0 aliphatic carbocycles. The van der Waals surface area contributed by atoms with Crippen molar-refractivity contribution in [2.75, 3.05) is 0 Å². The molecule has 420 valence electrons. The second-order valence-corrected chi connectivity index (χ2v) is 29.9. The molecule has 0 atom stereocenters. The molecule has 0 spiro atoms. The van der Waals surface area contributed by atoms with Gasteiger partial charge in [0.15, 0.2) is 8.07 Å². The molecule has 89 heavy (non-hydrogen) atoms. The van der Waals surface area contributed by atoms with E-state index in [4.69, 9.17) is 4.98 Å². The average Bonchev–Trinajstić information content (AvgIpc) is 1.86. The minimum atomic E-state index is -2.89. The van der Waals surface area contributed by atoms with Gasteiger partial charge in [-0.25, -0.2) is 4.98 Å². The lowest BCUT2D eigenvalue weighted by Crippen LogP contribution is -2.74. The smallest absolute Gasteiger partial charge is 0.179 e. The van der Waals surface area contributed by atoms with Gasteiger partial charge in [0.1, 0.15) is 11.6 Å². The molecule has 17 rings (SSSR count). The quantitative estimate of drug-likeness (QED) is 0.0885. The Balaban J connectivity index is 0.932. The van der Waals surface area contributed by atoms with Crippen LogP contribution in [0.3, 0.4) is 0 Å². The molecule has 0 bridgehead atoms. The Morgan fingerprint density at radius 1 is 0.225 bits per heavy atom. The maximum atomic E-state index is 5.96. The van der Waals surface area contributed by atoms with E-state index >= 15 is 0 Å². The molecule has 0 fully saturated rings. The third-order valence-electron chi connectivity index (χ3n) is 18.3. The van der Waals surface area contributed by atoms with Gasteiger partial charge >= 0.3 is 0 Å². The fourth-order valence-corrected chi connectivity index (χ4v) is 23.2. The summed E-state index contributed by atoms with van der Waals surface area (Å²) in [6.45, 7) is 0. The van der Waals surface area contributed by atoms with Crippen LogP contribution in [0.2, 0.25) is 0 Å². The first kappa shape index (κ1) is 52.3. The molecule has 0 radical (unpaired) electrons. The van der Waals surface area contributed by atoms with Crippen molar-refractivity contribution in [1.29, 1.82) is 0 Å². The number of nitrogens with zero attached hydrogens (tertiary/aromatic N) is 4. The molecule has 4 nitrogen and oxygen atoms in total. The molecular weight excluding hydrogens is 1110 g/mol. The third kappa shape index (κ3) is 8.25. The summed E-state index contributed by atoms with van der Waals surface area (Å²) in [7, 11) is -4.88. The van der Waals surface area contributed by atoms with E-state index in [1.807, 2.05) is 0 Å². The molecule has 0 amide bonds. The Morgan fingerprint density at radius 2 is 0.584 bits per heavy atom. The van der Waals surface area contributed by atoms with Gasteiger partial charge in [-0.05, 0) is 141 Å². The molecule has 0 aliphatic rings. The van der Waals surface area contributed by atoms with Gasteiger partial charge in [-0.1, -0.05) is 243 Å². The lowest BCUT2D eigenvalue weighted by atomic mass is 10.1. The van der Waals surface area contributed by atoms with Gasteiger partial charge in [0, 0.05) is 57.6 Å². The topological polar surface area (TPSA) is 27.7 Å². The first-order valence-corrected chi connectivity index (χ1v) is 34.1. The summed E-state index contributed by atoms with van der Waals surface area (Å²) in [6, 6.07) is 131. The van der Waals surface area contributed by atoms with Crippen molar-refractivity contribution < 1.29 is 0 Å². The maximum Gasteiger partial charge on any atom is 0.179 e. The zero-order chi connectivity index (χ0) is 58.9. The monoisotopic (exact) mass is 1170 g/mol. The minimum Gasteiger partial charge on any atom is -0.309 e. The van der Waals surface area contributed by atoms with Gasteiger partial charge < -0.3 is 4.57 Å². The summed E-state index contributed by atoms with van der Waals surface area (Å²) in [5.74, 6) is 1.66. The SMILES string of the molecule is c1ccc([Si](c2ccccc2)(c2ccccc2)c2ccc3c(c2)c2ccccc2n3-c2cc(-c3cccc(-n4c5ccccc5c5ccccc54)c3)cc(-n3c4ccccc4c4cc(S(c5ccccc5)(c5ccccc5)c5ccccc5)ccc43)n2)cc1. The molecule has 0 saturated heterocycles. The van der Waals surface area contributed by atoms with E-state index in [0.717, 1.165) is 50.5 Å². The van der Waals surface area contributed by atoms with Gasteiger partial charge in [0.05, 0.1) is 33.1 Å². The number of pyridine rings is 1.